The van der Waals surface area contributed by atoms with Gasteiger partial charge in [-0.25, -0.2) is 28.2 Å². The third-order valence-corrected chi connectivity index (χ3v) is 7.01. The van der Waals surface area contributed by atoms with E-state index in [1.165, 1.54) is 30.6 Å². The van der Waals surface area contributed by atoms with Crippen molar-refractivity contribution < 1.29 is 13.9 Å². The maximum absolute atomic E-state index is 13.7. The van der Waals surface area contributed by atoms with Gasteiger partial charge in [-0.05, 0) is 48.4 Å². The topological polar surface area (TPSA) is 82.7 Å². The third-order valence-electron chi connectivity index (χ3n) is 7.01. The number of hydrogen-bond donors (Lipinski definition) is 1. The highest BCUT2D eigenvalue weighted by Crippen LogP contribution is 2.30. The average molecular weight is 514 g/mol. The van der Waals surface area contributed by atoms with Crippen LogP contribution in [0.25, 0.3) is 16.6 Å². The molecule has 1 fully saturated rings. The van der Waals surface area contributed by atoms with E-state index in [2.05, 4.69) is 29.9 Å². The van der Waals surface area contributed by atoms with Crippen molar-refractivity contribution in [1.82, 2.24) is 24.6 Å². The molecule has 0 aliphatic carbocycles. The summed E-state index contributed by atoms with van der Waals surface area (Å²) in [5.41, 5.74) is 2.25. The van der Waals surface area contributed by atoms with Crippen molar-refractivity contribution in [2.24, 2.45) is 0 Å². The first-order valence-corrected chi connectivity index (χ1v) is 12.3. The summed E-state index contributed by atoms with van der Waals surface area (Å²) in [6, 6.07) is 14.2. The summed E-state index contributed by atoms with van der Waals surface area (Å²) in [5.74, 6) is 0.748. The molecule has 10 heteroatoms. The minimum absolute atomic E-state index is 0.283. The fraction of sp³-hybridized carbons (Fsp3) is 0.214. The van der Waals surface area contributed by atoms with Gasteiger partial charge < -0.3 is 14.9 Å². The van der Waals surface area contributed by atoms with E-state index in [9.17, 15) is 13.9 Å². The van der Waals surface area contributed by atoms with Crippen LogP contribution in [0.15, 0.2) is 79.5 Å². The van der Waals surface area contributed by atoms with Crippen LogP contribution < -0.4 is 9.80 Å². The Bertz CT molecular complexity index is 1580. The molecule has 5 aromatic rings. The van der Waals surface area contributed by atoms with Gasteiger partial charge in [0, 0.05) is 55.9 Å². The molecule has 192 valence electrons. The molecule has 3 aromatic heterocycles. The average Bonchev–Trinajstić information content (AvgIpc) is 3.38. The molecule has 6 rings (SSSR count). The molecule has 0 saturated carbocycles. The van der Waals surface area contributed by atoms with Crippen molar-refractivity contribution >= 4 is 17.3 Å². The summed E-state index contributed by atoms with van der Waals surface area (Å²) >= 11 is 0. The standard InChI is InChI=1S/C28H25F2N7O/c1-28(38,21-5-7-23(29)8-6-21)22-15-31-27(32-16-22)36-11-9-35(10-12-36)26-25-14-20(17-37(25)34-18-33-26)19-3-2-4-24(30)13-19/h2-8,13-18,38H,9-12H2,1H3. The first kappa shape index (κ1) is 23.9. The highest BCUT2D eigenvalue weighted by molar-refractivity contribution is 5.77. The van der Waals surface area contributed by atoms with Crippen LogP contribution in [0, 0.1) is 11.6 Å². The summed E-state index contributed by atoms with van der Waals surface area (Å²) in [4.78, 5) is 17.8. The SMILES string of the molecule is CC(O)(c1ccc(F)cc1)c1cnc(N2CCN(c3ncnn4cc(-c5cccc(F)c5)cc34)CC2)nc1. The largest absolute Gasteiger partial charge is 0.381 e. The molecule has 1 aliphatic rings. The van der Waals surface area contributed by atoms with Gasteiger partial charge in [-0.2, -0.15) is 5.10 Å². The molecule has 0 radical (unpaired) electrons. The van der Waals surface area contributed by atoms with E-state index in [1.54, 1.807) is 42.0 Å². The maximum Gasteiger partial charge on any atom is 0.225 e. The molecule has 0 amide bonds. The number of aromatic nitrogens is 5. The van der Waals surface area contributed by atoms with Gasteiger partial charge in [0.25, 0.3) is 0 Å². The number of fused-ring (bicyclic) bond motifs is 1. The molecule has 0 bridgehead atoms. The van der Waals surface area contributed by atoms with Crippen LogP contribution in [-0.2, 0) is 5.60 Å². The Kier molecular flexibility index (Phi) is 5.96. The molecule has 1 unspecified atom stereocenters. The Hall–Kier alpha value is -4.44. The molecule has 1 saturated heterocycles. The molecule has 38 heavy (non-hydrogen) atoms. The van der Waals surface area contributed by atoms with Crippen molar-refractivity contribution in [3.8, 4) is 11.1 Å². The summed E-state index contributed by atoms with van der Waals surface area (Å²) < 4.78 is 28.8. The zero-order valence-electron chi connectivity index (χ0n) is 20.7. The van der Waals surface area contributed by atoms with Gasteiger partial charge in [0.05, 0.1) is 0 Å². The Morgan fingerprint density at radius 1 is 0.789 bits per heavy atom. The first-order chi connectivity index (χ1) is 18.4. The number of rotatable bonds is 5. The smallest absolute Gasteiger partial charge is 0.225 e. The van der Waals surface area contributed by atoms with Crippen molar-refractivity contribution in [1.29, 1.82) is 0 Å². The monoisotopic (exact) mass is 513 g/mol. The van der Waals surface area contributed by atoms with E-state index < -0.39 is 5.60 Å². The van der Waals surface area contributed by atoms with Crippen LogP contribution in [-0.4, -0.2) is 55.9 Å². The number of halogens is 2. The van der Waals surface area contributed by atoms with E-state index >= 15 is 0 Å². The van der Waals surface area contributed by atoms with E-state index in [4.69, 9.17) is 0 Å². The van der Waals surface area contributed by atoms with Crippen LogP contribution >= 0.6 is 0 Å². The molecule has 1 atom stereocenters. The fourth-order valence-corrected chi connectivity index (χ4v) is 4.78. The Labute approximate surface area is 217 Å². The number of hydrogen-bond acceptors (Lipinski definition) is 7. The molecular weight excluding hydrogens is 488 g/mol. The summed E-state index contributed by atoms with van der Waals surface area (Å²) in [5, 5.41) is 15.4. The lowest BCUT2D eigenvalue weighted by Crippen LogP contribution is -2.47. The van der Waals surface area contributed by atoms with Crippen molar-refractivity contribution in [2.45, 2.75) is 12.5 Å². The van der Waals surface area contributed by atoms with Crippen LogP contribution in [0.4, 0.5) is 20.5 Å². The van der Waals surface area contributed by atoms with Gasteiger partial charge in [0.2, 0.25) is 5.95 Å². The van der Waals surface area contributed by atoms with Crippen molar-refractivity contribution in [3.63, 3.8) is 0 Å². The zero-order chi connectivity index (χ0) is 26.3. The van der Waals surface area contributed by atoms with Gasteiger partial charge in [0.15, 0.2) is 5.82 Å². The van der Waals surface area contributed by atoms with Crippen LogP contribution in [0.2, 0.25) is 0 Å². The Balaban J connectivity index is 1.17. The molecule has 1 N–H and O–H groups in total. The Morgan fingerprint density at radius 3 is 2.21 bits per heavy atom. The number of anilines is 2. The number of aliphatic hydroxyl groups is 1. The second kappa shape index (κ2) is 9.46. The molecule has 2 aromatic carbocycles. The summed E-state index contributed by atoms with van der Waals surface area (Å²) in [6.07, 6.45) is 6.63. The minimum Gasteiger partial charge on any atom is -0.381 e. The van der Waals surface area contributed by atoms with Gasteiger partial charge in [-0.1, -0.05) is 24.3 Å². The number of nitrogens with zero attached hydrogens (tertiary/aromatic N) is 7. The molecule has 1 aliphatic heterocycles. The van der Waals surface area contributed by atoms with Gasteiger partial charge in [-0.15, -0.1) is 0 Å². The summed E-state index contributed by atoms with van der Waals surface area (Å²) in [6.45, 7) is 4.40. The third kappa shape index (κ3) is 4.43. The maximum atomic E-state index is 13.7. The fourth-order valence-electron chi connectivity index (χ4n) is 4.78. The first-order valence-electron chi connectivity index (χ1n) is 12.3. The highest BCUT2D eigenvalue weighted by Gasteiger charge is 2.28. The zero-order valence-corrected chi connectivity index (χ0v) is 20.7. The lowest BCUT2D eigenvalue weighted by Gasteiger charge is -2.35. The number of piperazine rings is 1. The van der Waals surface area contributed by atoms with Crippen molar-refractivity contribution in [3.05, 3.63) is 102 Å². The summed E-state index contributed by atoms with van der Waals surface area (Å²) in [7, 11) is 0. The molecule has 0 spiro atoms. The predicted octanol–water partition coefficient (Wildman–Crippen LogP) is 4.05. The van der Waals surface area contributed by atoms with E-state index in [0.717, 1.165) is 22.5 Å². The lowest BCUT2D eigenvalue weighted by molar-refractivity contribution is 0.101. The van der Waals surface area contributed by atoms with Crippen LogP contribution in [0.1, 0.15) is 18.1 Å². The van der Waals surface area contributed by atoms with Crippen LogP contribution in [0.3, 0.4) is 0 Å². The predicted molar refractivity (Wildman–Crippen MR) is 140 cm³/mol. The van der Waals surface area contributed by atoms with E-state index in [0.29, 0.717) is 43.3 Å². The second-order valence-corrected chi connectivity index (χ2v) is 9.48. The van der Waals surface area contributed by atoms with Crippen LogP contribution in [0.5, 0.6) is 0 Å². The van der Waals surface area contributed by atoms with Gasteiger partial charge >= 0.3 is 0 Å². The lowest BCUT2D eigenvalue weighted by atomic mass is 9.90. The highest BCUT2D eigenvalue weighted by atomic mass is 19.1. The van der Waals surface area contributed by atoms with E-state index in [1.807, 2.05) is 18.3 Å². The second-order valence-electron chi connectivity index (χ2n) is 9.48. The quantitative estimate of drug-likeness (QED) is 0.380. The van der Waals surface area contributed by atoms with E-state index in [-0.39, 0.29) is 11.6 Å². The molecular formula is C28H25F2N7O. The normalized spacial score (nSPS) is 15.6. The molecule has 8 nitrogen and oxygen atoms in total. The minimum atomic E-state index is -1.34. The molecule has 4 heterocycles. The Morgan fingerprint density at radius 2 is 1.50 bits per heavy atom. The van der Waals surface area contributed by atoms with Gasteiger partial charge in [0.1, 0.15) is 29.1 Å². The van der Waals surface area contributed by atoms with Gasteiger partial charge in [-0.3, -0.25) is 0 Å². The number of benzene rings is 2. The van der Waals surface area contributed by atoms with Crippen molar-refractivity contribution in [2.75, 3.05) is 36.0 Å².